The average Bonchev–Trinajstić information content (AvgIpc) is 1.93. The molecule has 1 atom stereocenters. The number of benzene rings is 1. The molecule has 0 bridgehead atoms. The highest BCUT2D eigenvalue weighted by atomic mass is 31.0. The normalized spacial score (nSPS) is 8.75. The van der Waals surface area contributed by atoms with Gasteiger partial charge in [-0.05, 0) is 12.5 Å². The lowest BCUT2D eigenvalue weighted by Gasteiger charge is -1.96. The maximum Gasteiger partial charge on any atom is 0.307 e. The van der Waals surface area contributed by atoms with E-state index in [1.165, 1.54) is 0 Å². The molecule has 1 aromatic rings. The number of carboxylic acid groups (broad SMARTS) is 1. The highest BCUT2D eigenvalue weighted by molar-refractivity contribution is 6.92. The molecule has 1 aromatic carbocycles. The van der Waals surface area contributed by atoms with Crippen LogP contribution in [0.4, 0.5) is 0 Å². The molecule has 0 amide bonds. The lowest BCUT2D eigenvalue weighted by molar-refractivity contribution is -0.136. The molecule has 0 aliphatic carbocycles. The van der Waals surface area contributed by atoms with Crippen LogP contribution in [-0.4, -0.2) is 11.1 Å². The van der Waals surface area contributed by atoms with Crippen molar-refractivity contribution < 1.29 is 9.90 Å². The summed E-state index contributed by atoms with van der Waals surface area (Å²) in [5.41, 5.74) is 2.00. The Morgan fingerprint density at radius 1 is 1.33 bits per heavy atom. The summed E-state index contributed by atoms with van der Waals surface area (Å²) in [5, 5.41) is 8.44. The second kappa shape index (κ2) is 4.89. The Hall–Kier alpha value is -0.880. The summed E-state index contributed by atoms with van der Waals surface area (Å²) in [4.78, 5) is 10.3. The lowest BCUT2D eigenvalue weighted by Crippen LogP contribution is -1.99. The van der Waals surface area contributed by atoms with Gasteiger partial charge in [-0.15, -0.1) is 0 Å². The van der Waals surface area contributed by atoms with Gasteiger partial charge < -0.3 is 5.11 Å². The molecule has 0 aliphatic rings. The van der Waals surface area contributed by atoms with Crippen LogP contribution in [0.25, 0.3) is 0 Å². The SMILES string of the molecule is Cc1ccc(CC(=O)O)cc1.P. The first-order valence-electron chi connectivity index (χ1n) is 3.46. The molecule has 0 saturated carbocycles. The van der Waals surface area contributed by atoms with Gasteiger partial charge in [0.15, 0.2) is 0 Å². The van der Waals surface area contributed by atoms with Crippen LogP contribution >= 0.6 is 9.90 Å². The van der Waals surface area contributed by atoms with Crippen molar-refractivity contribution in [3.63, 3.8) is 0 Å². The summed E-state index contributed by atoms with van der Waals surface area (Å²) < 4.78 is 0. The monoisotopic (exact) mass is 184 g/mol. The lowest BCUT2D eigenvalue weighted by atomic mass is 10.1. The second-order valence-electron chi connectivity index (χ2n) is 2.56. The number of hydrogen-bond acceptors (Lipinski definition) is 1. The minimum Gasteiger partial charge on any atom is -0.481 e. The number of hydrogen-bond donors (Lipinski definition) is 1. The number of carboxylic acids is 1. The predicted molar refractivity (Wildman–Crippen MR) is 53.6 cm³/mol. The maximum absolute atomic E-state index is 10.3. The molecule has 1 N–H and O–H groups in total. The zero-order chi connectivity index (χ0) is 8.27. The van der Waals surface area contributed by atoms with E-state index in [-0.39, 0.29) is 16.3 Å². The first kappa shape index (κ1) is 11.1. The van der Waals surface area contributed by atoms with Crippen LogP contribution in [0.2, 0.25) is 0 Å². The third-order valence-corrected chi connectivity index (χ3v) is 1.48. The van der Waals surface area contributed by atoms with Crippen molar-refractivity contribution in [2.75, 3.05) is 0 Å². The molecule has 1 rings (SSSR count). The minimum absolute atomic E-state index is 0. The average molecular weight is 184 g/mol. The summed E-state index contributed by atoms with van der Waals surface area (Å²) in [5.74, 6) is -0.783. The van der Waals surface area contributed by atoms with E-state index in [1.54, 1.807) is 0 Å². The highest BCUT2D eigenvalue weighted by Crippen LogP contribution is 2.03. The minimum atomic E-state index is -0.783. The van der Waals surface area contributed by atoms with Crippen molar-refractivity contribution in [3.8, 4) is 0 Å². The molecule has 12 heavy (non-hydrogen) atoms. The van der Waals surface area contributed by atoms with Crippen molar-refractivity contribution in [2.45, 2.75) is 13.3 Å². The van der Waals surface area contributed by atoms with E-state index >= 15 is 0 Å². The molecule has 0 aliphatic heterocycles. The number of aryl methyl sites for hydroxylation is 1. The molecule has 0 radical (unpaired) electrons. The molecule has 0 heterocycles. The highest BCUT2D eigenvalue weighted by Gasteiger charge is 1.97. The van der Waals surface area contributed by atoms with Gasteiger partial charge in [0.2, 0.25) is 0 Å². The van der Waals surface area contributed by atoms with E-state index in [1.807, 2.05) is 31.2 Å². The van der Waals surface area contributed by atoms with Crippen LogP contribution < -0.4 is 0 Å². The van der Waals surface area contributed by atoms with E-state index in [0.29, 0.717) is 0 Å². The third-order valence-electron chi connectivity index (χ3n) is 1.48. The van der Waals surface area contributed by atoms with Gasteiger partial charge in [-0.3, -0.25) is 4.79 Å². The summed E-state index contributed by atoms with van der Waals surface area (Å²) in [6, 6.07) is 7.50. The Kier molecular flexibility index (Phi) is 4.53. The van der Waals surface area contributed by atoms with E-state index in [9.17, 15) is 4.79 Å². The molecule has 0 aromatic heterocycles. The Labute approximate surface area is 75.2 Å². The fourth-order valence-electron chi connectivity index (χ4n) is 0.881. The zero-order valence-electron chi connectivity index (χ0n) is 7.08. The summed E-state index contributed by atoms with van der Waals surface area (Å²) >= 11 is 0. The smallest absolute Gasteiger partial charge is 0.307 e. The van der Waals surface area contributed by atoms with Gasteiger partial charge >= 0.3 is 5.97 Å². The van der Waals surface area contributed by atoms with Crippen LogP contribution in [0.15, 0.2) is 24.3 Å². The Morgan fingerprint density at radius 3 is 2.25 bits per heavy atom. The van der Waals surface area contributed by atoms with Crippen molar-refractivity contribution in [1.82, 2.24) is 0 Å². The summed E-state index contributed by atoms with van der Waals surface area (Å²) in [6.07, 6.45) is 0.111. The first-order chi connectivity index (χ1) is 5.18. The van der Waals surface area contributed by atoms with Crippen LogP contribution in [0.5, 0.6) is 0 Å². The fourth-order valence-corrected chi connectivity index (χ4v) is 0.881. The topological polar surface area (TPSA) is 37.3 Å². The number of aliphatic carboxylic acids is 1. The van der Waals surface area contributed by atoms with Gasteiger partial charge in [0.1, 0.15) is 0 Å². The van der Waals surface area contributed by atoms with Gasteiger partial charge in [-0.25, -0.2) is 0 Å². The van der Waals surface area contributed by atoms with Crippen molar-refractivity contribution >= 4 is 15.9 Å². The van der Waals surface area contributed by atoms with Crippen molar-refractivity contribution in [3.05, 3.63) is 35.4 Å². The quantitative estimate of drug-likeness (QED) is 0.710. The van der Waals surface area contributed by atoms with Crippen LogP contribution in [0.1, 0.15) is 11.1 Å². The Morgan fingerprint density at radius 2 is 1.83 bits per heavy atom. The van der Waals surface area contributed by atoms with Gasteiger partial charge in [-0.2, -0.15) is 9.90 Å². The molecular weight excluding hydrogens is 171 g/mol. The number of rotatable bonds is 2. The molecular formula is C9H13O2P. The molecule has 0 saturated heterocycles. The van der Waals surface area contributed by atoms with Gasteiger partial charge in [0, 0.05) is 0 Å². The second-order valence-corrected chi connectivity index (χ2v) is 2.56. The summed E-state index contributed by atoms with van der Waals surface area (Å²) in [7, 11) is 0. The molecule has 3 heteroatoms. The van der Waals surface area contributed by atoms with E-state index in [0.717, 1.165) is 11.1 Å². The van der Waals surface area contributed by atoms with E-state index in [2.05, 4.69) is 0 Å². The summed E-state index contributed by atoms with van der Waals surface area (Å²) in [6.45, 7) is 1.98. The van der Waals surface area contributed by atoms with E-state index in [4.69, 9.17) is 5.11 Å². The van der Waals surface area contributed by atoms with Crippen LogP contribution in [-0.2, 0) is 11.2 Å². The molecule has 0 spiro atoms. The first-order valence-corrected chi connectivity index (χ1v) is 3.46. The Bertz CT molecular complexity index is 254. The van der Waals surface area contributed by atoms with Crippen molar-refractivity contribution in [2.24, 2.45) is 0 Å². The van der Waals surface area contributed by atoms with Gasteiger partial charge in [0.05, 0.1) is 6.42 Å². The van der Waals surface area contributed by atoms with E-state index < -0.39 is 5.97 Å². The van der Waals surface area contributed by atoms with Crippen LogP contribution in [0.3, 0.4) is 0 Å². The molecule has 0 fully saturated rings. The molecule has 66 valence electrons. The molecule has 1 unspecified atom stereocenters. The number of carbonyl (C=O) groups is 1. The fraction of sp³-hybridized carbons (Fsp3) is 0.222. The Balaban J connectivity index is 0.00000121. The molecule has 2 nitrogen and oxygen atoms in total. The third kappa shape index (κ3) is 3.49. The zero-order valence-corrected chi connectivity index (χ0v) is 8.49. The maximum atomic E-state index is 10.3. The standard InChI is InChI=1S/C9H10O2.H3P/c1-7-2-4-8(5-3-7)6-9(10)11;/h2-5H,6H2,1H3,(H,10,11);1H3. The van der Waals surface area contributed by atoms with Gasteiger partial charge in [0.25, 0.3) is 0 Å². The van der Waals surface area contributed by atoms with Gasteiger partial charge in [-0.1, -0.05) is 29.8 Å². The van der Waals surface area contributed by atoms with Crippen LogP contribution in [0, 0.1) is 6.92 Å². The largest absolute Gasteiger partial charge is 0.481 e. The predicted octanol–water partition coefficient (Wildman–Crippen LogP) is 1.68. The van der Waals surface area contributed by atoms with Crippen molar-refractivity contribution in [1.29, 1.82) is 0 Å².